The van der Waals surface area contributed by atoms with Crippen molar-refractivity contribution in [1.82, 2.24) is 19.8 Å². The first-order valence-corrected chi connectivity index (χ1v) is 17.8. The van der Waals surface area contributed by atoms with E-state index in [-0.39, 0.29) is 24.5 Å². The molecule has 4 heterocycles. The van der Waals surface area contributed by atoms with Crippen molar-refractivity contribution in [2.45, 2.75) is 50.0 Å². The normalized spacial score (nSPS) is 23.2. The lowest BCUT2D eigenvalue weighted by Gasteiger charge is -2.49. The van der Waals surface area contributed by atoms with Gasteiger partial charge in [-0.25, -0.2) is 0 Å². The van der Waals surface area contributed by atoms with E-state index in [4.69, 9.17) is 24.2 Å². The van der Waals surface area contributed by atoms with E-state index in [0.29, 0.717) is 55.6 Å². The lowest BCUT2D eigenvalue weighted by molar-refractivity contribution is -0.130. The number of piperazine rings is 1. The summed E-state index contributed by atoms with van der Waals surface area (Å²) in [6, 6.07) is 15.9. The summed E-state index contributed by atoms with van der Waals surface area (Å²) in [5, 5.41) is 11.8. The van der Waals surface area contributed by atoms with Crippen molar-refractivity contribution in [3.63, 3.8) is 0 Å². The zero-order valence-corrected chi connectivity index (χ0v) is 30.8. The highest BCUT2D eigenvalue weighted by Crippen LogP contribution is 2.37. The van der Waals surface area contributed by atoms with Crippen molar-refractivity contribution in [2.24, 2.45) is 0 Å². The molecule has 1 amide bonds. The molecule has 3 aliphatic rings. The molecule has 0 aliphatic carbocycles. The number of aryl methyl sites for hydroxylation is 1. The first-order chi connectivity index (χ1) is 23.2. The molecule has 6 rings (SSSR count). The van der Waals surface area contributed by atoms with Crippen molar-refractivity contribution in [3.8, 4) is 12.1 Å². The van der Waals surface area contributed by atoms with Crippen LogP contribution in [0.2, 0.25) is 0 Å². The third-order valence-electron chi connectivity index (χ3n) is 10.2. The summed E-state index contributed by atoms with van der Waals surface area (Å²) in [5.74, 6) is 0.778. The number of carbonyl (C=O) groups excluding carboxylic acids is 1. The number of likely N-dealkylation sites (N-methyl/N-ethyl adjacent to an activating group) is 1. The number of hydrogen-bond donors (Lipinski definition) is 0. The first-order valence-electron chi connectivity index (χ1n) is 16.8. The van der Waals surface area contributed by atoms with E-state index < -0.39 is 5.16 Å². The molecule has 0 spiro atoms. The molecule has 1 unspecified atom stereocenters. The molecule has 12 heteroatoms. The van der Waals surface area contributed by atoms with Crippen LogP contribution >= 0.6 is 0 Å². The second-order valence-electron chi connectivity index (χ2n) is 13.5. The maximum Gasteiger partial charge on any atom is 0.318 e. The SMILES string of the molecule is COC/C=C/C(=O)N1CCN(c2nc(OCC3C[C@@H](OC)CN3C)nc3c2CCN(c2cccc4cccc(C)c24)C3)C[C@@]1([SiH3])CC#N. The maximum absolute atomic E-state index is 13.3. The second-order valence-corrected chi connectivity index (χ2v) is 15.3. The summed E-state index contributed by atoms with van der Waals surface area (Å²) in [7, 11) is 6.09. The van der Waals surface area contributed by atoms with Crippen LogP contribution in [0.3, 0.4) is 0 Å². The van der Waals surface area contributed by atoms with Gasteiger partial charge in [0.25, 0.3) is 0 Å². The van der Waals surface area contributed by atoms with Crippen LogP contribution in [0.5, 0.6) is 6.01 Å². The molecule has 254 valence electrons. The lowest BCUT2D eigenvalue weighted by Crippen LogP contribution is -2.64. The van der Waals surface area contributed by atoms with E-state index in [1.165, 1.54) is 22.0 Å². The molecule has 0 radical (unpaired) electrons. The number of nitriles is 1. The van der Waals surface area contributed by atoms with Crippen LogP contribution in [0.4, 0.5) is 11.5 Å². The summed E-state index contributed by atoms with van der Waals surface area (Å²) < 4.78 is 17.1. The summed E-state index contributed by atoms with van der Waals surface area (Å²) in [6.45, 7) is 6.98. The Bertz CT molecular complexity index is 1710. The zero-order valence-electron chi connectivity index (χ0n) is 28.8. The molecule has 3 atom stereocenters. The number of hydrogen-bond acceptors (Lipinski definition) is 10. The van der Waals surface area contributed by atoms with Crippen molar-refractivity contribution < 1.29 is 19.0 Å². The van der Waals surface area contributed by atoms with Gasteiger partial charge in [-0.05, 0) is 43.8 Å². The number of benzene rings is 2. The van der Waals surface area contributed by atoms with Gasteiger partial charge in [0.15, 0.2) is 0 Å². The van der Waals surface area contributed by atoms with E-state index in [2.05, 4.69) is 71.1 Å². The average Bonchev–Trinajstić information content (AvgIpc) is 3.45. The van der Waals surface area contributed by atoms with Gasteiger partial charge in [0, 0.05) is 85.9 Å². The van der Waals surface area contributed by atoms with Crippen LogP contribution in [-0.4, -0.2) is 120 Å². The third-order valence-corrected chi connectivity index (χ3v) is 11.4. The number of anilines is 2. The Balaban J connectivity index is 1.33. The number of rotatable bonds is 10. The van der Waals surface area contributed by atoms with Gasteiger partial charge in [0.2, 0.25) is 5.91 Å². The third kappa shape index (κ3) is 6.91. The number of aromatic nitrogens is 2. The Kier molecular flexibility index (Phi) is 10.3. The van der Waals surface area contributed by atoms with Crippen LogP contribution in [0.25, 0.3) is 10.8 Å². The summed E-state index contributed by atoms with van der Waals surface area (Å²) >= 11 is 0. The molecule has 11 nitrogen and oxygen atoms in total. The minimum atomic E-state index is -0.566. The van der Waals surface area contributed by atoms with Gasteiger partial charge in [-0.2, -0.15) is 15.2 Å². The lowest BCUT2D eigenvalue weighted by atomic mass is 9.99. The fraction of sp³-hybridized carbons (Fsp3) is 0.500. The van der Waals surface area contributed by atoms with Gasteiger partial charge < -0.3 is 28.9 Å². The summed E-state index contributed by atoms with van der Waals surface area (Å²) in [4.78, 5) is 32.2. The van der Waals surface area contributed by atoms with Gasteiger partial charge in [-0.15, -0.1) is 0 Å². The molecule has 2 saturated heterocycles. The maximum atomic E-state index is 13.3. The van der Waals surface area contributed by atoms with Gasteiger partial charge in [-0.3, -0.25) is 9.69 Å². The van der Waals surface area contributed by atoms with Crippen molar-refractivity contribution in [2.75, 3.05) is 77.0 Å². The highest BCUT2D eigenvalue weighted by molar-refractivity contribution is 6.18. The summed E-state index contributed by atoms with van der Waals surface area (Å²) in [6.07, 6.45) is 5.42. The highest BCUT2D eigenvalue weighted by Gasteiger charge is 2.41. The topological polar surface area (TPSA) is 107 Å². The molecular formula is C36H47N7O4Si. The average molecular weight is 670 g/mol. The van der Waals surface area contributed by atoms with Gasteiger partial charge in [0.05, 0.1) is 42.6 Å². The zero-order chi connectivity index (χ0) is 33.8. The standard InChI is InChI=1S/C36H47N7O4Si/c1-25-8-5-9-26-10-6-11-31(33(25)26)41-16-13-29-30(22-41)38-35(47-23-27-20-28(46-4)21-40(27)2)39-34(29)42-17-18-43(32(44)12-7-19-45-3)36(48,24-42)14-15-37/h5-12,27-28H,13-14,16-24H2,1-4,48H3/b12-7+/t27?,28-,36+/m1/s1. The van der Waals surface area contributed by atoms with E-state index in [9.17, 15) is 10.1 Å². The largest absolute Gasteiger partial charge is 0.462 e. The van der Waals surface area contributed by atoms with Crippen LogP contribution in [0.1, 0.15) is 29.7 Å². The van der Waals surface area contributed by atoms with E-state index >= 15 is 0 Å². The van der Waals surface area contributed by atoms with E-state index in [1.807, 2.05) is 4.90 Å². The molecule has 0 bridgehead atoms. The first kappa shape index (κ1) is 33.9. The molecule has 0 N–H and O–H groups in total. The van der Waals surface area contributed by atoms with Crippen LogP contribution in [0, 0.1) is 18.3 Å². The fourth-order valence-corrected chi connectivity index (χ4v) is 8.52. The molecule has 3 aliphatic heterocycles. The number of nitrogens with zero attached hydrogens (tertiary/aromatic N) is 7. The van der Waals surface area contributed by atoms with Gasteiger partial charge >= 0.3 is 6.01 Å². The van der Waals surface area contributed by atoms with Crippen molar-refractivity contribution in [1.29, 1.82) is 5.26 Å². The number of methoxy groups -OCH3 is 2. The van der Waals surface area contributed by atoms with Crippen molar-refractivity contribution >= 4 is 38.4 Å². The molecule has 2 fully saturated rings. The Morgan fingerprint density at radius 2 is 1.96 bits per heavy atom. The summed E-state index contributed by atoms with van der Waals surface area (Å²) in [5.41, 5.74) is 4.54. The highest BCUT2D eigenvalue weighted by atomic mass is 28.1. The molecule has 48 heavy (non-hydrogen) atoms. The minimum absolute atomic E-state index is 0.0817. The number of amides is 1. The minimum Gasteiger partial charge on any atom is -0.462 e. The van der Waals surface area contributed by atoms with E-state index in [1.54, 1.807) is 26.4 Å². The Morgan fingerprint density at radius 3 is 2.71 bits per heavy atom. The quantitative estimate of drug-likeness (QED) is 0.236. The monoisotopic (exact) mass is 669 g/mol. The smallest absolute Gasteiger partial charge is 0.318 e. The number of carbonyl (C=O) groups is 1. The fourth-order valence-electron chi connectivity index (χ4n) is 7.53. The predicted molar refractivity (Wildman–Crippen MR) is 191 cm³/mol. The molecule has 1 aromatic heterocycles. The Morgan fingerprint density at radius 1 is 1.15 bits per heavy atom. The van der Waals surface area contributed by atoms with Crippen LogP contribution < -0.4 is 14.5 Å². The Hall–Kier alpha value is -4.02. The molecule has 0 saturated carbocycles. The number of fused-ring (bicyclic) bond motifs is 2. The number of likely N-dealkylation sites (tertiary alicyclic amines) is 1. The van der Waals surface area contributed by atoms with Gasteiger partial charge in [0.1, 0.15) is 12.4 Å². The molecule has 3 aromatic rings. The van der Waals surface area contributed by atoms with Gasteiger partial charge in [-0.1, -0.05) is 36.4 Å². The van der Waals surface area contributed by atoms with Crippen LogP contribution in [0.15, 0.2) is 48.6 Å². The van der Waals surface area contributed by atoms with Crippen LogP contribution in [-0.2, 0) is 27.2 Å². The number of ether oxygens (including phenoxy) is 3. The molecular weight excluding hydrogens is 623 g/mol. The van der Waals surface area contributed by atoms with E-state index in [0.717, 1.165) is 43.0 Å². The molecule has 2 aromatic carbocycles. The Labute approximate surface area is 286 Å². The second kappa shape index (κ2) is 14.6. The van der Waals surface area contributed by atoms with Crippen molar-refractivity contribution in [3.05, 3.63) is 65.4 Å². The predicted octanol–water partition coefficient (Wildman–Crippen LogP) is 2.43.